The van der Waals surface area contributed by atoms with Gasteiger partial charge in [-0.25, -0.2) is 13.2 Å². The molecule has 2 aromatic rings. The molecule has 10 heteroatoms. The Balaban J connectivity index is 1.83. The Bertz CT molecular complexity index is 1000. The summed E-state index contributed by atoms with van der Waals surface area (Å²) in [5, 5.41) is 11.5. The summed E-state index contributed by atoms with van der Waals surface area (Å²) in [6.45, 7) is 1.15. The molecule has 1 saturated heterocycles. The van der Waals surface area contributed by atoms with Crippen LogP contribution < -0.4 is 5.32 Å². The quantitative estimate of drug-likeness (QED) is 0.696. The number of ether oxygens (including phenoxy) is 1. The van der Waals surface area contributed by atoms with Crippen LogP contribution in [0.4, 0.5) is 5.69 Å². The Morgan fingerprint density at radius 2 is 1.64 bits per heavy atom. The Labute approximate surface area is 170 Å². The Morgan fingerprint density at radius 1 is 1.04 bits per heavy atom. The number of carbonyl (C=O) groups excluding carboxylic acids is 1. The lowest BCUT2D eigenvalue weighted by atomic mass is 10.2. The third kappa shape index (κ3) is 4.41. The van der Waals surface area contributed by atoms with Crippen LogP contribution in [0.2, 0.25) is 0 Å². The highest BCUT2D eigenvalue weighted by Gasteiger charge is 2.29. The zero-order chi connectivity index (χ0) is 20.3. The number of anilines is 1. The Kier molecular flexibility index (Phi) is 6.14. The highest BCUT2D eigenvalue weighted by molar-refractivity contribution is 9.10. The predicted octanol–water partition coefficient (Wildman–Crippen LogP) is 2.42. The minimum atomic E-state index is -3.78. The van der Waals surface area contributed by atoms with Crippen molar-refractivity contribution in [1.29, 1.82) is 0 Å². The van der Waals surface area contributed by atoms with Crippen LogP contribution in [0.5, 0.6) is 0 Å². The Morgan fingerprint density at radius 3 is 2.25 bits per heavy atom. The number of benzene rings is 2. The van der Waals surface area contributed by atoms with Crippen LogP contribution in [0.1, 0.15) is 20.7 Å². The average Bonchev–Trinajstić information content (AvgIpc) is 2.69. The van der Waals surface area contributed by atoms with Crippen LogP contribution in [0.25, 0.3) is 0 Å². The molecule has 1 aliphatic rings. The van der Waals surface area contributed by atoms with Gasteiger partial charge in [0.2, 0.25) is 10.0 Å². The second-order valence-electron chi connectivity index (χ2n) is 6.00. The summed E-state index contributed by atoms with van der Waals surface area (Å²) in [6, 6.07) is 9.99. The second-order valence-corrected chi connectivity index (χ2v) is 8.76. The molecule has 8 nitrogen and oxygen atoms in total. The van der Waals surface area contributed by atoms with Gasteiger partial charge in [-0.05, 0) is 58.4 Å². The van der Waals surface area contributed by atoms with Gasteiger partial charge in [0.05, 0.1) is 23.7 Å². The predicted molar refractivity (Wildman–Crippen MR) is 105 cm³/mol. The largest absolute Gasteiger partial charge is 0.478 e. The van der Waals surface area contributed by atoms with Gasteiger partial charge in [-0.1, -0.05) is 0 Å². The molecule has 0 unspecified atom stereocenters. The summed E-state index contributed by atoms with van der Waals surface area (Å²) >= 11 is 3.25. The second kappa shape index (κ2) is 8.39. The lowest BCUT2D eigenvalue weighted by Gasteiger charge is -2.26. The topological polar surface area (TPSA) is 113 Å². The van der Waals surface area contributed by atoms with Crippen molar-refractivity contribution in [3.05, 3.63) is 58.1 Å². The zero-order valence-corrected chi connectivity index (χ0v) is 17.0. The number of carboxylic acids is 1. The molecule has 1 aliphatic heterocycles. The van der Waals surface area contributed by atoms with Gasteiger partial charge in [-0.2, -0.15) is 4.31 Å². The van der Waals surface area contributed by atoms with Crippen LogP contribution in [-0.2, 0) is 14.8 Å². The average molecular weight is 469 g/mol. The highest BCUT2D eigenvalue weighted by atomic mass is 79.9. The van der Waals surface area contributed by atoms with Gasteiger partial charge in [0.25, 0.3) is 5.91 Å². The maximum Gasteiger partial charge on any atom is 0.335 e. The smallest absolute Gasteiger partial charge is 0.335 e. The van der Waals surface area contributed by atoms with Crippen molar-refractivity contribution >= 4 is 43.5 Å². The van der Waals surface area contributed by atoms with Crippen molar-refractivity contribution in [2.75, 3.05) is 31.6 Å². The first-order chi connectivity index (χ1) is 13.3. The minimum Gasteiger partial charge on any atom is -0.478 e. The fourth-order valence-electron chi connectivity index (χ4n) is 2.67. The first-order valence-electron chi connectivity index (χ1n) is 8.31. The van der Waals surface area contributed by atoms with Crippen molar-refractivity contribution in [2.45, 2.75) is 4.90 Å². The molecule has 0 saturated carbocycles. The molecule has 0 radical (unpaired) electrons. The molecular weight excluding hydrogens is 452 g/mol. The van der Waals surface area contributed by atoms with Crippen molar-refractivity contribution in [1.82, 2.24) is 4.31 Å². The third-order valence-electron chi connectivity index (χ3n) is 4.17. The molecule has 0 bridgehead atoms. The fourth-order valence-corrected chi connectivity index (χ4v) is 5.03. The lowest BCUT2D eigenvalue weighted by molar-refractivity contribution is 0.0696. The number of carboxylic acid groups (broad SMARTS) is 1. The van der Waals surface area contributed by atoms with E-state index in [2.05, 4.69) is 21.2 Å². The van der Waals surface area contributed by atoms with Crippen LogP contribution in [0.15, 0.2) is 51.8 Å². The maximum absolute atomic E-state index is 12.9. The van der Waals surface area contributed by atoms with E-state index < -0.39 is 21.9 Å². The molecule has 1 fully saturated rings. The normalized spacial score (nSPS) is 15.2. The molecule has 1 heterocycles. The lowest BCUT2D eigenvalue weighted by Crippen LogP contribution is -2.40. The van der Waals surface area contributed by atoms with E-state index in [-0.39, 0.29) is 29.1 Å². The summed E-state index contributed by atoms with van der Waals surface area (Å²) in [6.07, 6.45) is 0. The van der Waals surface area contributed by atoms with Gasteiger partial charge < -0.3 is 15.2 Å². The van der Waals surface area contributed by atoms with E-state index in [1.807, 2.05) is 0 Å². The molecule has 3 rings (SSSR count). The third-order valence-corrected chi connectivity index (χ3v) is 7.06. The van der Waals surface area contributed by atoms with Gasteiger partial charge in [0.1, 0.15) is 0 Å². The van der Waals surface area contributed by atoms with Gasteiger partial charge >= 0.3 is 5.97 Å². The number of aromatic carboxylic acids is 1. The van der Waals surface area contributed by atoms with E-state index >= 15 is 0 Å². The molecule has 0 spiro atoms. The fraction of sp³-hybridized carbons (Fsp3) is 0.222. The molecular formula is C18H17BrN2O6S. The first-order valence-corrected chi connectivity index (χ1v) is 10.5. The number of halogens is 1. The number of sulfonamides is 1. The Hall–Kier alpha value is -2.27. The molecule has 28 heavy (non-hydrogen) atoms. The number of hydrogen-bond donors (Lipinski definition) is 2. The van der Waals surface area contributed by atoms with Crippen molar-refractivity contribution in [3.8, 4) is 0 Å². The summed E-state index contributed by atoms with van der Waals surface area (Å²) in [5.74, 6) is -1.57. The van der Waals surface area contributed by atoms with Crippen molar-refractivity contribution < 1.29 is 27.9 Å². The molecule has 0 aromatic heterocycles. The van der Waals surface area contributed by atoms with Gasteiger partial charge in [-0.3, -0.25) is 4.79 Å². The number of carbonyl (C=O) groups is 2. The number of hydrogen-bond acceptors (Lipinski definition) is 5. The number of amides is 1. The number of nitrogens with zero attached hydrogens (tertiary/aromatic N) is 1. The van der Waals surface area contributed by atoms with E-state index in [0.717, 1.165) is 0 Å². The van der Waals surface area contributed by atoms with E-state index in [9.17, 15) is 18.0 Å². The van der Waals surface area contributed by atoms with Crippen LogP contribution in [-0.4, -0.2) is 56.0 Å². The summed E-state index contributed by atoms with van der Waals surface area (Å²) in [5.41, 5.74) is 0.661. The molecule has 148 valence electrons. The van der Waals surface area contributed by atoms with Gasteiger partial charge in [0.15, 0.2) is 0 Å². The van der Waals surface area contributed by atoms with Crippen LogP contribution in [0.3, 0.4) is 0 Å². The monoisotopic (exact) mass is 468 g/mol. The van der Waals surface area contributed by atoms with Gasteiger partial charge in [-0.15, -0.1) is 0 Å². The summed E-state index contributed by atoms with van der Waals surface area (Å²) < 4.78 is 32.7. The molecule has 2 N–H and O–H groups in total. The van der Waals surface area contributed by atoms with Crippen molar-refractivity contribution in [2.24, 2.45) is 0 Å². The zero-order valence-electron chi connectivity index (χ0n) is 14.6. The summed E-state index contributed by atoms with van der Waals surface area (Å²) in [4.78, 5) is 23.4. The van der Waals surface area contributed by atoms with E-state index in [1.54, 1.807) is 0 Å². The first kappa shape index (κ1) is 20.5. The molecule has 0 atom stereocenters. The van der Waals surface area contributed by atoms with E-state index in [0.29, 0.717) is 23.4 Å². The van der Waals surface area contributed by atoms with E-state index in [4.69, 9.17) is 9.84 Å². The SMILES string of the molecule is O=C(O)c1ccc(NC(=O)c2ccc(Br)c(S(=O)(=O)N3CCOCC3)c2)cc1. The molecule has 2 aromatic carbocycles. The minimum absolute atomic E-state index is 0.00303. The van der Waals surface area contributed by atoms with E-state index in [1.165, 1.54) is 46.8 Å². The van der Waals surface area contributed by atoms with Gasteiger partial charge in [0, 0.05) is 28.8 Å². The highest BCUT2D eigenvalue weighted by Crippen LogP contribution is 2.27. The number of morpholine rings is 1. The molecule has 1 amide bonds. The van der Waals surface area contributed by atoms with Crippen LogP contribution >= 0.6 is 15.9 Å². The summed E-state index contributed by atoms with van der Waals surface area (Å²) in [7, 11) is -3.78. The standard InChI is InChI=1S/C18H17BrN2O6S/c19-15-6-3-13(11-16(15)28(25,26)21-7-9-27-10-8-21)17(22)20-14-4-1-12(2-5-14)18(23)24/h1-6,11H,7-10H2,(H,20,22)(H,23,24). The number of rotatable bonds is 5. The van der Waals surface area contributed by atoms with Crippen molar-refractivity contribution in [3.63, 3.8) is 0 Å². The maximum atomic E-state index is 12.9. The molecule has 0 aliphatic carbocycles. The number of nitrogens with one attached hydrogen (secondary N) is 1. The van der Waals surface area contributed by atoms with Crippen LogP contribution in [0, 0.1) is 0 Å².